The second-order valence-corrected chi connectivity index (χ2v) is 5.74. The van der Waals surface area contributed by atoms with Crippen molar-refractivity contribution in [2.45, 2.75) is 44.6 Å². The van der Waals surface area contributed by atoms with Crippen LogP contribution in [0.4, 0.5) is 0 Å². The third-order valence-corrected chi connectivity index (χ3v) is 4.44. The predicted octanol–water partition coefficient (Wildman–Crippen LogP) is 3.47. The molecule has 1 aliphatic carbocycles. The highest BCUT2D eigenvalue weighted by Crippen LogP contribution is 2.40. The first-order valence-corrected chi connectivity index (χ1v) is 7.48. The summed E-state index contributed by atoms with van der Waals surface area (Å²) in [4.78, 5) is 0. The molecule has 3 nitrogen and oxygen atoms in total. The summed E-state index contributed by atoms with van der Waals surface area (Å²) in [5.41, 5.74) is 0.691. The van der Waals surface area contributed by atoms with E-state index in [9.17, 15) is 5.26 Å². The van der Waals surface area contributed by atoms with Crippen LogP contribution in [0, 0.1) is 17.2 Å². The summed E-state index contributed by atoms with van der Waals surface area (Å²) >= 11 is 0. The number of nitrogens with one attached hydrogen (secondary N) is 1. The summed E-state index contributed by atoms with van der Waals surface area (Å²) in [6.45, 7) is 4.80. The topological polar surface area (TPSA) is 45.0 Å². The molecule has 2 unspecified atom stereocenters. The van der Waals surface area contributed by atoms with Crippen LogP contribution in [0.15, 0.2) is 24.3 Å². The summed E-state index contributed by atoms with van der Waals surface area (Å²) in [6.07, 6.45) is 3.31. The monoisotopic (exact) mass is 272 g/mol. The van der Waals surface area contributed by atoms with Gasteiger partial charge in [-0.15, -0.1) is 0 Å². The van der Waals surface area contributed by atoms with Crippen molar-refractivity contribution in [1.29, 1.82) is 5.26 Å². The minimum atomic E-state index is -0.539. The van der Waals surface area contributed by atoms with Crippen LogP contribution < -0.4 is 10.1 Å². The van der Waals surface area contributed by atoms with Gasteiger partial charge in [0.25, 0.3) is 0 Å². The van der Waals surface area contributed by atoms with Crippen LogP contribution in [0.25, 0.3) is 0 Å². The van der Waals surface area contributed by atoms with Gasteiger partial charge in [0.2, 0.25) is 0 Å². The zero-order valence-corrected chi connectivity index (χ0v) is 12.6. The lowest BCUT2D eigenvalue weighted by atomic mass is 9.95. The number of rotatable bonds is 7. The summed E-state index contributed by atoms with van der Waals surface area (Å²) in [7, 11) is 1.85. The molecule has 0 radical (unpaired) electrons. The number of hydrogen-bond donors (Lipinski definition) is 1. The lowest BCUT2D eigenvalue weighted by molar-refractivity contribution is 0.208. The fourth-order valence-electron chi connectivity index (χ4n) is 2.58. The highest BCUT2D eigenvalue weighted by Gasteiger charge is 2.45. The van der Waals surface area contributed by atoms with Crippen LogP contribution in [0.5, 0.6) is 5.75 Å². The zero-order chi connectivity index (χ0) is 14.6. The first kappa shape index (κ1) is 14.9. The van der Waals surface area contributed by atoms with E-state index in [0.717, 1.165) is 25.0 Å². The van der Waals surface area contributed by atoms with Gasteiger partial charge in [0, 0.05) is 0 Å². The molecule has 108 valence electrons. The maximum Gasteiger partial charge on any atom is 0.143 e. The summed E-state index contributed by atoms with van der Waals surface area (Å²) in [5.74, 6) is 1.81. The molecule has 1 N–H and O–H groups in total. The van der Waals surface area contributed by atoms with Crippen molar-refractivity contribution in [3.05, 3.63) is 29.8 Å². The van der Waals surface area contributed by atoms with Gasteiger partial charge in [-0.3, -0.25) is 5.32 Å². The van der Waals surface area contributed by atoms with Crippen molar-refractivity contribution < 1.29 is 4.74 Å². The Labute approximate surface area is 121 Å². The van der Waals surface area contributed by atoms with Gasteiger partial charge in [0.05, 0.1) is 6.07 Å². The molecule has 1 fully saturated rings. The maximum atomic E-state index is 9.50. The molecule has 1 aromatic rings. The molecule has 0 bridgehead atoms. The highest BCUT2D eigenvalue weighted by molar-refractivity contribution is 5.36. The van der Waals surface area contributed by atoms with Gasteiger partial charge < -0.3 is 4.74 Å². The third-order valence-electron chi connectivity index (χ3n) is 4.44. The van der Waals surface area contributed by atoms with Crippen molar-refractivity contribution in [3.8, 4) is 11.8 Å². The molecule has 0 saturated heterocycles. The molecular formula is C17H24N2O. The van der Waals surface area contributed by atoms with E-state index in [2.05, 4.69) is 31.3 Å². The quantitative estimate of drug-likeness (QED) is 0.826. The minimum Gasteiger partial charge on any atom is -0.490 e. The van der Waals surface area contributed by atoms with Crippen LogP contribution in [-0.4, -0.2) is 19.2 Å². The molecule has 0 heterocycles. The van der Waals surface area contributed by atoms with Crippen LogP contribution in [0.1, 0.15) is 44.6 Å². The van der Waals surface area contributed by atoms with Gasteiger partial charge in [-0.25, -0.2) is 0 Å². The fourth-order valence-corrected chi connectivity index (χ4v) is 2.58. The van der Waals surface area contributed by atoms with Gasteiger partial charge in [0.1, 0.15) is 17.9 Å². The number of likely N-dealkylation sites (N-methyl/N-ethyl adjacent to an activating group) is 1. The normalized spacial score (nSPS) is 18.9. The molecule has 3 heteroatoms. The molecule has 0 spiro atoms. The minimum absolute atomic E-state index is 0.415. The molecule has 0 aromatic heterocycles. The number of nitriles is 1. The smallest absolute Gasteiger partial charge is 0.143 e. The number of benzene rings is 1. The van der Waals surface area contributed by atoms with Gasteiger partial charge >= 0.3 is 0 Å². The Balaban J connectivity index is 2.12. The van der Waals surface area contributed by atoms with Crippen molar-refractivity contribution in [1.82, 2.24) is 5.32 Å². The van der Waals surface area contributed by atoms with Crippen molar-refractivity contribution >= 4 is 0 Å². The second kappa shape index (κ2) is 6.28. The fraction of sp³-hybridized carbons (Fsp3) is 0.588. The Bertz CT molecular complexity index is 490. The van der Waals surface area contributed by atoms with Crippen molar-refractivity contribution in [2.24, 2.45) is 5.92 Å². The third kappa shape index (κ3) is 2.96. The summed E-state index contributed by atoms with van der Waals surface area (Å²) in [6, 6.07) is 10.6. The van der Waals surface area contributed by atoms with E-state index in [1.165, 1.54) is 5.56 Å². The SMILES string of the molecule is CCC(C)c1ccccc1OCC(C#N)(NC)C1CC1. The van der Waals surface area contributed by atoms with Gasteiger partial charge in [-0.05, 0) is 49.8 Å². The Hall–Kier alpha value is -1.53. The van der Waals surface area contributed by atoms with Crippen LogP contribution in [-0.2, 0) is 0 Å². The highest BCUT2D eigenvalue weighted by atomic mass is 16.5. The Kier molecular flexibility index (Phi) is 4.67. The molecule has 1 aromatic carbocycles. The number of ether oxygens (including phenoxy) is 1. The van der Waals surface area contributed by atoms with E-state index in [1.54, 1.807) is 0 Å². The van der Waals surface area contributed by atoms with E-state index < -0.39 is 5.54 Å². The molecule has 1 aliphatic rings. The van der Waals surface area contributed by atoms with E-state index in [4.69, 9.17) is 4.74 Å². The molecule has 0 amide bonds. The number of hydrogen-bond acceptors (Lipinski definition) is 3. The van der Waals surface area contributed by atoms with Gasteiger partial charge in [-0.1, -0.05) is 32.0 Å². The second-order valence-electron chi connectivity index (χ2n) is 5.74. The van der Waals surface area contributed by atoms with Crippen molar-refractivity contribution in [2.75, 3.05) is 13.7 Å². The van der Waals surface area contributed by atoms with E-state index >= 15 is 0 Å². The Morgan fingerprint density at radius 3 is 2.70 bits per heavy atom. The van der Waals surface area contributed by atoms with E-state index in [0.29, 0.717) is 18.4 Å². The number of para-hydroxylation sites is 1. The van der Waals surface area contributed by atoms with Crippen LogP contribution in [0.3, 0.4) is 0 Å². The molecular weight excluding hydrogens is 248 g/mol. The van der Waals surface area contributed by atoms with Crippen LogP contribution >= 0.6 is 0 Å². The van der Waals surface area contributed by atoms with Gasteiger partial charge in [-0.2, -0.15) is 5.26 Å². The Morgan fingerprint density at radius 2 is 2.15 bits per heavy atom. The predicted molar refractivity (Wildman–Crippen MR) is 80.8 cm³/mol. The molecule has 20 heavy (non-hydrogen) atoms. The maximum absolute atomic E-state index is 9.50. The molecule has 0 aliphatic heterocycles. The Morgan fingerprint density at radius 1 is 1.45 bits per heavy atom. The average Bonchev–Trinajstić information content (AvgIpc) is 3.34. The molecule has 1 saturated carbocycles. The lowest BCUT2D eigenvalue weighted by Gasteiger charge is -2.27. The number of nitrogens with zero attached hydrogens (tertiary/aromatic N) is 1. The van der Waals surface area contributed by atoms with Gasteiger partial charge in [0.15, 0.2) is 0 Å². The zero-order valence-electron chi connectivity index (χ0n) is 12.6. The summed E-state index contributed by atoms with van der Waals surface area (Å²) in [5, 5.41) is 12.7. The summed E-state index contributed by atoms with van der Waals surface area (Å²) < 4.78 is 6.02. The van der Waals surface area contributed by atoms with E-state index in [-0.39, 0.29) is 0 Å². The largest absolute Gasteiger partial charge is 0.490 e. The molecule has 2 atom stereocenters. The van der Waals surface area contributed by atoms with Crippen molar-refractivity contribution in [3.63, 3.8) is 0 Å². The average molecular weight is 272 g/mol. The molecule has 2 rings (SSSR count). The first-order chi connectivity index (χ1) is 9.66. The standard InChI is InChI=1S/C17H24N2O/c1-4-13(2)15-7-5-6-8-16(15)20-12-17(11-18,19-3)14-9-10-14/h5-8,13-14,19H,4,9-10,12H2,1-3H3. The van der Waals surface area contributed by atoms with Crippen LogP contribution in [0.2, 0.25) is 0 Å². The van der Waals surface area contributed by atoms with E-state index in [1.807, 2.05) is 25.2 Å². The first-order valence-electron chi connectivity index (χ1n) is 7.48. The lowest BCUT2D eigenvalue weighted by Crippen LogP contribution is -2.49.